The molecule has 1 aromatic heterocycles. The van der Waals surface area contributed by atoms with Crippen molar-refractivity contribution in [3.05, 3.63) is 47.6 Å². The summed E-state index contributed by atoms with van der Waals surface area (Å²) in [5, 5.41) is 10.3. The smallest absolute Gasteiger partial charge is 0.248 e. The lowest BCUT2D eigenvalue weighted by Gasteiger charge is -2.17. The first-order valence-electron chi connectivity index (χ1n) is 7.08. The molecule has 112 valence electrons. The quantitative estimate of drug-likeness (QED) is 0.651. The lowest BCUT2D eigenvalue weighted by Crippen LogP contribution is -2.38. The number of guanidine groups is 1. The van der Waals surface area contributed by atoms with Crippen LogP contribution in [0.3, 0.4) is 0 Å². The Morgan fingerprint density at radius 2 is 2.10 bits per heavy atom. The summed E-state index contributed by atoms with van der Waals surface area (Å²) < 4.78 is 5.06. The van der Waals surface area contributed by atoms with Crippen molar-refractivity contribution in [2.75, 3.05) is 6.54 Å². The van der Waals surface area contributed by atoms with E-state index in [-0.39, 0.29) is 6.04 Å². The number of aryl methyl sites for hydroxylation is 1. The SMILES string of the molecule is CCNC(=NCc1nc(C)no1)NC(C)c1ccccc1. The standard InChI is InChI=1S/C15H21N5O/c1-4-16-15(17-10-14-19-12(3)20-21-14)18-11(2)13-8-6-5-7-9-13/h5-9,11H,4,10H2,1-3H3,(H2,16,17,18). The number of nitrogens with one attached hydrogen (secondary N) is 2. The Balaban J connectivity index is 2.01. The normalized spacial score (nSPS) is 13.0. The molecule has 1 unspecified atom stereocenters. The summed E-state index contributed by atoms with van der Waals surface area (Å²) in [5.41, 5.74) is 1.21. The van der Waals surface area contributed by atoms with E-state index in [1.807, 2.05) is 25.1 Å². The fraction of sp³-hybridized carbons (Fsp3) is 0.400. The molecule has 0 saturated carbocycles. The molecule has 2 aromatic rings. The van der Waals surface area contributed by atoms with E-state index in [1.54, 1.807) is 6.92 Å². The third-order valence-corrected chi connectivity index (χ3v) is 2.94. The van der Waals surface area contributed by atoms with Gasteiger partial charge in [-0.25, -0.2) is 4.99 Å². The molecule has 6 nitrogen and oxygen atoms in total. The molecule has 0 bridgehead atoms. The Bertz CT molecular complexity index is 579. The van der Waals surface area contributed by atoms with Crippen LogP contribution in [0.5, 0.6) is 0 Å². The van der Waals surface area contributed by atoms with Gasteiger partial charge >= 0.3 is 0 Å². The fourth-order valence-electron chi connectivity index (χ4n) is 1.90. The molecule has 0 radical (unpaired) electrons. The average Bonchev–Trinajstić information content (AvgIpc) is 2.91. The Kier molecular flexibility index (Phi) is 5.31. The van der Waals surface area contributed by atoms with Crippen LogP contribution in [0.25, 0.3) is 0 Å². The van der Waals surface area contributed by atoms with Gasteiger partial charge in [0, 0.05) is 6.54 Å². The Labute approximate surface area is 124 Å². The molecule has 0 aliphatic rings. The Morgan fingerprint density at radius 1 is 1.33 bits per heavy atom. The Hall–Kier alpha value is -2.37. The summed E-state index contributed by atoms with van der Waals surface area (Å²) in [4.78, 5) is 8.60. The number of aromatic nitrogens is 2. The molecule has 2 rings (SSSR count). The highest BCUT2D eigenvalue weighted by Crippen LogP contribution is 2.10. The predicted molar refractivity (Wildman–Crippen MR) is 81.8 cm³/mol. The van der Waals surface area contributed by atoms with E-state index in [4.69, 9.17) is 4.52 Å². The van der Waals surface area contributed by atoms with Crippen LogP contribution in [0.1, 0.15) is 37.2 Å². The molecule has 0 amide bonds. The number of hydrogen-bond donors (Lipinski definition) is 2. The number of rotatable bonds is 5. The van der Waals surface area contributed by atoms with Crippen molar-refractivity contribution in [1.29, 1.82) is 0 Å². The highest BCUT2D eigenvalue weighted by molar-refractivity contribution is 5.80. The summed E-state index contributed by atoms with van der Waals surface area (Å²) in [7, 11) is 0. The highest BCUT2D eigenvalue weighted by atomic mass is 16.5. The van der Waals surface area contributed by atoms with Gasteiger partial charge in [0.25, 0.3) is 0 Å². The Morgan fingerprint density at radius 3 is 2.71 bits per heavy atom. The van der Waals surface area contributed by atoms with Crippen molar-refractivity contribution in [2.24, 2.45) is 4.99 Å². The number of nitrogens with zero attached hydrogens (tertiary/aromatic N) is 3. The van der Waals surface area contributed by atoms with Crippen molar-refractivity contribution in [3.63, 3.8) is 0 Å². The molecule has 6 heteroatoms. The van der Waals surface area contributed by atoms with Gasteiger partial charge in [0.05, 0.1) is 6.04 Å². The number of hydrogen-bond acceptors (Lipinski definition) is 4. The summed E-state index contributed by atoms with van der Waals surface area (Å²) in [6.07, 6.45) is 0. The molecule has 0 fully saturated rings. The van der Waals surface area contributed by atoms with Crippen molar-refractivity contribution >= 4 is 5.96 Å². The zero-order valence-corrected chi connectivity index (χ0v) is 12.6. The fourth-order valence-corrected chi connectivity index (χ4v) is 1.90. The van der Waals surface area contributed by atoms with E-state index < -0.39 is 0 Å². The number of aliphatic imine (C=N–C) groups is 1. The van der Waals surface area contributed by atoms with Gasteiger partial charge in [-0.2, -0.15) is 4.98 Å². The molecule has 21 heavy (non-hydrogen) atoms. The minimum Gasteiger partial charge on any atom is -0.357 e. The average molecular weight is 287 g/mol. The van der Waals surface area contributed by atoms with Crippen LogP contribution in [0.4, 0.5) is 0 Å². The van der Waals surface area contributed by atoms with Crippen LogP contribution in [0, 0.1) is 6.92 Å². The zero-order valence-electron chi connectivity index (χ0n) is 12.6. The topological polar surface area (TPSA) is 75.3 Å². The molecular formula is C15H21N5O. The number of benzene rings is 1. The third-order valence-electron chi connectivity index (χ3n) is 2.94. The molecule has 2 N–H and O–H groups in total. The van der Waals surface area contributed by atoms with Crippen molar-refractivity contribution in [3.8, 4) is 0 Å². The minimum absolute atomic E-state index is 0.161. The summed E-state index contributed by atoms with van der Waals surface area (Å²) >= 11 is 0. The van der Waals surface area contributed by atoms with Gasteiger partial charge in [-0.05, 0) is 26.3 Å². The van der Waals surface area contributed by atoms with Crippen LogP contribution < -0.4 is 10.6 Å². The van der Waals surface area contributed by atoms with Crippen molar-refractivity contribution in [2.45, 2.75) is 33.4 Å². The monoisotopic (exact) mass is 287 g/mol. The summed E-state index contributed by atoms with van der Waals surface area (Å²) in [6, 6.07) is 10.4. The first kappa shape index (κ1) is 15.0. The molecule has 1 aromatic carbocycles. The van der Waals surface area contributed by atoms with Crippen LogP contribution >= 0.6 is 0 Å². The highest BCUT2D eigenvalue weighted by Gasteiger charge is 2.08. The second-order valence-corrected chi connectivity index (χ2v) is 4.71. The van der Waals surface area contributed by atoms with E-state index in [0.717, 1.165) is 12.5 Å². The lowest BCUT2D eigenvalue weighted by atomic mass is 10.1. The second kappa shape index (κ2) is 7.42. The molecule has 0 aliphatic heterocycles. The first-order chi connectivity index (χ1) is 10.2. The maximum Gasteiger partial charge on any atom is 0.248 e. The van der Waals surface area contributed by atoms with Gasteiger partial charge in [0.2, 0.25) is 5.89 Å². The molecule has 0 aliphatic carbocycles. The second-order valence-electron chi connectivity index (χ2n) is 4.71. The van der Waals surface area contributed by atoms with Crippen LogP contribution in [0.2, 0.25) is 0 Å². The van der Waals surface area contributed by atoms with E-state index >= 15 is 0 Å². The zero-order chi connectivity index (χ0) is 15.1. The van der Waals surface area contributed by atoms with Crippen molar-refractivity contribution in [1.82, 2.24) is 20.8 Å². The van der Waals surface area contributed by atoms with E-state index in [2.05, 4.69) is 44.8 Å². The summed E-state index contributed by atoms with van der Waals surface area (Å²) in [5.74, 6) is 1.86. The van der Waals surface area contributed by atoms with Gasteiger partial charge in [0.1, 0.15) is 6.54 Å². The van der Waals surface area contributed by atoms with Gasteiger partial charge in [0.15, 0.2) is 11.8 Å². The molecule has 0 saturated heterocycles. The lowest BCUT2D eigenvalue weighted by molar-refractivity contribution is 0.376. The van der Waals surface area contributed by atoms with Gasteiger partial charge < -0.3 is 15.2 Å². The maximum absolute atomic E-state index is 5.06. The largest absolute Gasteiger partial charge is 0.357 e. The van der Waals surface area contributed by atoms with E-state index in [1.165, 1.54) is 5.56 Å². The van der Waals surface area contributed by atoms with Gasteiger partial charge in [-0.1, -0.05) is 35.5 Å². The van der Waals surface area contributed by atoms with Crippen LogP contribution in [0.15, 0.2) is 39.8 Å². The molecule has 0 spiro atoms. The molecular weight excluding hydrogens is 266 g/mol. The summed E-state index contributed by atoms with van der Waals surface area (Å²) in [6.45, 7) is 7.06. The predicted octanol–water partition coefficient (Wildman–Crippen LogP) is 2.19. The molecule has 1 atom stereocenters. The maximum atomic E-state index is 5.06. The van der Waals surface area contributed by atoms with E-state index in [0.29, 0.717) is 18.3 Å². The van der Waals surface area contributed by atoms with E-state index in [9.17, 15) is 0 Å². The first-order valence-corrected chi connectivity index (χ1v) is 7.08. The van der Waals surface area contributed by atoms with Crippen molar-refractivity contribution < 1.29 is 4.52 Å². The van der Waals surface area contributed by atoms with Gasteiger partial charge in [-0.15, -0.1) is 0 Å². The van der Waals surface area contributed by atoms with Gasteiger partial charge in [-0.3, -0.25) is 0 Å². The third kappa shape index (κ3) is 4.59. The van der Waals surface area contributed by atoms with Crippen LogP contribution in [-0.2, 0) is 6.54 Å². The van der Waals surface area contributed by atoms with Crippen LogP contribution in [-0.4, -0.2) is 22.6 Å². The minimum atomic E-state index is 0.161. The molecule has 1 heterocycles.